The van der Waals surface area contributed by atoms with Gasteiger partial charge in [-0.1, -0.05) is 6.07 Å². The van der Waals surface area contributed by atoms with Gasteiger partial charge in [-0.05, 0) is 30.7 Å². The smallest absolute Gasteiger partial charge is 0.336 e. The topological polar surface area (TPSA) is 87.6 Å². The van der Waals surface area contributed by atoms with Gasteiger partial charge in [-0.2, -0.15) is 0 Å². The highest BCUT2D eigenvalue weighted by Crippen LogP contribution is 2.29. The Morgan fingerprint density at radius 1 is 1.14 bits per heavy atom. The number of imide groups is 1. The van der Waals surface area contributed by atoms with E-state index in [1.807, 2.05) is 0 Å². The number of rotatable bonds is 2. The second-order valence-electron chi connectivity index (χ2n) is 4.67. The predicted octanol–water partition coefficient (Wildman–Crippen LogP) is 1.89. The van der Waals surface area contributed by atoms with E-state index in [-0.39, 0.29) is 22.4 Å². The number of amides is 2. The second-order valence-corrected chi connectivity index (χ2v) is 4.67. The average molecular weight is 282 g/mol. The minimum Gasteiger partial charge on any atom is -0.478 e. The molecule has 0 saturated heterocycles. The van der Waals surface area contributed by atoms with E-state index < -0.39 is 17.8 Å². The lowest BCUT2D eigenvalue weighted by Crippen LogP contribution is -2.29. The van der Waals surface area contributed by atoms with Crippen molar-refractivity contribution in [2.45, 2.75) is 6.92 Å². The molecule has 2 amide bonds. The summed E-state index contributed by atoms with van der Waals surface area (Å²) < 4.78 is 0. The van der Waals surface area contributed by atoms with Crippen molar-refractivity contribution in [2.24, 2.45) is 0 Å². The molecule has 0 aliphatic carbocycles. The van der Waals surface area contributed by atoms with E-state index in [0.29, 0.717) is 5.56 Å². The highest BCUT2D eigenvalue weighted by molar-refractivity contribution is 6.34. The Labute approximate surface area is 119 Å². The minimum atomic E-state index is -1.10. The molecule has 0 saturated carbocycles. The number of carboxylic acid groups (broad SMARTS) is 1. The highest BCUT2D eigenvalue weighted by atomic mass is 16.4. The third-order valence-corrected chi connectivity index (χ3v) is 3.40. The summed E-state index contributed by atoms with van der Waals surface area (Å²) in [6, 6.07) is 5.92. The number of carbonyl (C=O) groups is 3. The van der Waals surface area contributed by atoms with Crippen LogP contribution in [-0.2, 0) is 0 Å². The number of carboxylic acids is 1. The van der Waals surface area contributed by atoms with Gasteiger partial charge in [0.25, 0.3) is 11.8 Å². The number of hydrogen-bond donors (Lipinski definition) is 1. The van der Waals surface area contributed by atoms with Crippen molar-refractivity contribution in [3.63, 3.8) is 0 Å². The predicted molar refractivity (Wildman–Crippen MR) is 73.5 cm³/mol. The molecule has 0 fully saturated rings. The van der Waals surface area contributed by atoms with Gasteiger partial charge in [0.1, 0.15) is 0 Å². The molecule has 1 aromatic heterocycles. The average Bonchev–Trinajstić information content (AvgIpc) is 2.72. The van der Waals surface area contributed by atoms with Gasteiger partial charge in [0.2, 0.25) is 0 Å². The summed E-state index contributed by atoms with van der Waals surface area (Å²) in [5.41, 5.74) is 1.35. The Morgan fingerprint density at radius 3 is 2.52 bits per heavy atom. The maximum Gasteiger partial charge on any atom is 0.336 e. The largest absolute Gasteiger partial charge is 0.478 e. The zero-order valence-electron chi connectivity index (χ0n) is 11.0. The minimum absolute atomic E-state index is 0.0576. The second kappa shape index (κ2) is 4.52. The van der Waals surface area contributed by atoms with Crippen molar-refractivity contribution < 1.29 is 19.5 Å². The number of hydrogen-bond acceptors (Lipinski definition) is 4. The fraction of sp³-hybridized carbons (Fsp3) is 0.0667. The van der Waals surface area contributed by atoms with E-state index in [4.69, 9.17) is 5.11 Å². The van der Waals surface area contributed by atoms with Crippen LogP contribution in [0.4, 0.5) is 5.69 Å². The van der Waals surface area contributed by atoms with Gasteiger partial charge < -0.3 is 5.11 Å². The number of anilines is 1. The third kappa shape index (κ3) is 1.88. The number of fused-ring (bicyclic) bond motifs is 1. The zero-order valence-corrected chi connectivity index (χ0v) is 11.0. The van der Waals surface area contributed by atoms with Gasteiger partial charge in [-0.25, -0.2) is 9.69 Å². The lowest BCUT2D eigenvalue weighted by Gasteiger charge is -2.15. The molecule has 0 bridgehead atoms. The van der Waals surface area contributed by atoms with E-state index in [9.17, 15) is 14.4 Å². The van der Waals surface area contributed by atoms with E-state index in [0.717, 1.165) is 4.90 Å². The first-order valence-corrected chi connectivity index (χ1v) is 6.17. The molecule has 2 heterocycles. The highest BCUT2D eigenvalue weighted by Gasteiger charge is 2.37. The fourth-order valence-electron chi connectivity index (χ4n) is 2.30. The Hall–Kier alpha value is -3.02. The number of pyridine rings is 1. The monoisotopic (exact) mass is 282 g/mol. The van der Waals surface area contributed by atoms with Crippen LogP contribution in [0, 0.1) is 6.92 Å². The number of aromatic carboxylic acids is 1. The van der Waals surface area contributed by atoms with Crippen LogP contribution in [0.1, 0.15) is 36.6 Å². The molecule has 1 aliphatic heterocycles. The van der Waals surface area contributed by atoms with Crippen LogP contribution >= 0.6 is 0 Å². The van der Waals surface area contributed by atoms with Gasteiger partial charge in [0.15, 0.2) is 0 Å². The van der Waals surface area contributed by atoms with Crippen LogP contribution in [0.15, 0.2) is 36.7 Å². The molecule has 0 spiro atoms. The molecular weight excluding hydrogens is 272 g/mol. The Balaban J connectivity index is 2.11. The van der Waals surface area contributed by atoms with Crippen molar-refractivity contribution in [3.05, 3.63) is 58.9 Å². The normalized spacial score (nSPS) is 13.5. The summed E-state index contributed by atoms with van der Waals surface area (Å²) in [5.74, 6) is -2.08. The summed E-state index contributed by atoms with van der Waals surface area (Å²) in [7, 11) is 0. The zero-order chi connectivity index (χ0) is 15.1. The fourth-order valence-corrected chi connectivity index (χ4v) is 2.30. The summed E-state index contributed by atoms with van der Waals surface area (Å²) >= 11 is 0. The van der Waals surface area contributed by atoms with Gasteiger partial charge in [0, 0.05) is 12.4 Å². The summed E-state index contributed by atoms with van der Waals surface area (Å²) in [5, 5.41) is 9.14. The van der Waals surface area contributed by atoms with Crippen molar-refractivity contribution in [1.82, 2.24) is 4.98 Å². The van der Waals surface area contributed by atoms with Crippen molar-refractivity contribution in [1.29, 1.82) is 0 Å². The van der Waals surface area contributed by atoms with Crippen LogP contribution < -0.4 is 4.90 Å². The molecule has 6 heteroatoms. The molecule has 104 valence electrons. The van der Waals surface area contributed by atoms with Crippen molar-refractivity contribution >= 4 is 23.5 Å². The van der Waals surface area contributed by atoms with Gasteiger partial charge in [0.05, 0.1) is 22.4 Å². The van der Waals surface area contributed by atoms with Crippen LogP contribution in [0.3, 0.4) is 0 Å². The van der Waals surface area contributed by atoms with Crippen molar-refractivity contribution in [3.8, 4) is 0 Å². The molecule has 1 aromatic carbocycles. The van der Waals surface area contributed by atoms with E-state index in [1.165, 1.54) is 24.5 Å². The number of aromatic nitrogens is 1. The molecule has 0 atom stereocenters. The quantitative estimate of drug-likeness (QED) is 0.850. The standard InChI is InChI=1S/C15H10N2O4/c1-8-2-3-9(6-11(8)15(20)21)17-13(18)10-4-5-16-7-12(10)14(17)19/h2-7H,1H3,(H,20,21). The maximum absolute atomic E-state index is 12.3. The Morgan fingerprint density at radius 2 is 1.86 bits per heavy atom. The van der Waals surface area contributed by atoms with Crippen LogP contribution in [0.2, 0.25) is 0 Å². The number of benzene rings is 1. The van der Waals surface area contributed by atoms with Gasteiger partial charge >= 0.3 is 5.97 Å². The van der Waals surface area contributed by atoms with Crippen LogP contribution in [-0.4, -0.2) is 27.9 Å². The number of nitrogens with zero attached hydrogens (tertiary/aromatic N) is 2. The first-order chi connectivity index (χ1) is 10.0. The lowest BCUT2D eigenvalue weighted by molar-refractivity contribution is 0.0695. The first-order valence-electron chi connectivity index (χ1n) is 6.17. The van der Waals surface area contributed by atoms with Crippen molar-refractivity contribution in [2.75, 3.05) is 4.90 Å². The molecule has 21 heavy (non-hydrogen) atoms. The van der Waals surface area contributed by atoms with E-state index >= 15 is 0 Å². The van der Waals surface area contributed by atoms with E-state index in [1.54, 1.807) is 19.1 Å². The maximum atomic E-state index is 12.3. The molecule has 1 aliphatic rings. The molecule has 6 nitrogen and oxygen atoms in total. The van der Waals surface area contributed by atoms with Crippen LogP contribution in [0.25, 0.3) is 0 Å². The molecule has 3 rings (SSSR count). The molecule has 2 aromatic rings. The molecule has 1 N–H and O–H groups in total. The summed E-state index contributed by atoms with van der Waals surface area (Å²) in [6.45, 7) is 1.65. The summed E-state index contributed by atoms with van der Waals surface area (Å²) in [6.07, 6.45) is 2.77. The molecular formula is C15H10N2O4. The molecule has 0 radical (unpaired) electrons. The SMILES string of the molecule is Cc1ccc(N2C(=O)c3ccncc3C2=O)cc1C(=O)O. The van der Waals surface area contributed by atoms with E-state index in [2.05, 4.69) is 4.98 Å². The Bertz CT molecular complexity index is 763. The number of carbonyl (C=O) groups excluding carboxylic acids is 2. The van der Waals surface area contributed by atoms with Crippen LogP contribution in [0.5, 0.6) is 0 Å². The Kier molecular flexibility index (Phi) is 2.79. The first kappa shape index (κ1) is 13.0. The van der Waals surface area contributed by atoms with Gasteiger partial charge in [-0.3, -0.25) is 14.6 Å². The molecule has 0 unspecified atom stereocenters. The summed E-state index contributed by atoms with van der Waals surface area (Å²) in [4.78, 5) is 40.6. The lowest BCUT2D eigenvalue weighted by atomic mass is 10.1. The third-order valence-electron chi connectivity index (χ3n) is 3.40. The number of aryl methyl sites for hydroxylation is 1. The van der Waals surface area contributed by atoms with Gasteiger partial charge in [-0.15, -0.1) is 0 Å².